The van der Waals surface area contributed by atoms with Gasteiger partial charge in [0.25, 0.3) is 0 Å². The molecule has 0 bridgehead atoms. The van der Waals surface area contributed by atoms with Crippen LogP contribution in [0, 0.1) is 10.1 Å². The van der Waals surface area contributed by atoms with E-state index in [4.69, 9.17) is 0 Å². The summed E-state index contributed by atoms with van der Waals surface area (Å²) in [6, 6.07) is 1.98. The number of phenols is 1. The topological polar surface area (TPSA) is 121 Å². The van der Waals surface area contributed by atoms with E-state index >= 15 is 0 Å². The Kier molecular flexibility index (Phi) is 4.65. The number of hydrogen-bond donors (Lipinski definition) is 4. The van der Waals surface area contributed by atoms with Crippen LogP contribution in [0.1, 0.15) is 22.0 Å². The number of phenolic OH excluding ortho intramolecular Hbond substituents is 1. The Morgan fingerprint density at radius 2 is 2.06 bits per heavy atom. The molecule has 0 heterocycles. The van der Waals surface area contributed by atoms with Gasteiger partial charge in [-0.05, 0) is 11.6 Å². The van der Waals surface area contributed by atoms with Gasteiger partial charge in [-0.2, -0.15) is 12.6 Å². The second-order valence-corrected chi connectivity index (χ2v) is 3.91. The number of nitro benzene ring substituents is 1. The Morgan fingerprint density at radius 1 is 1.44 bits per heavy atom. The van der Waals surface area contributed by atoms with Crippen molar-refractivity contribution in [3.05, 3.63) is 33.4 Å². The first kappa shape index (κ1) is 14.4. The van der Waals surface area contributed by atoms with Crippen molar-refractivity contribution < 1.29 is 25.0 Å². The first-order valence-electron chi connectivity index (χ1n) is 4.85. The fraction of sp³-hybridized carbons (Fsp3) is 0.300. The van der Waals surface area contributed by atoms with E-state index in [1.807, 2.05) is 0 Å². The van der Waals surface area contributed by atoms with Crippen LogP contribution < -0.4 is 0 Å². The molecule has 1 aromatic rings. The van der Waals surface area contributed by atoms with E-state index in [1.54, 1.807) is 0 Å². The number of carbonyl (C=O) groups excluding carboxylic acids is 1. The Balaban J connectivity index is 3.34. The number of aliphatic hydroxyl groups is 2. The molecule has 1 rings (SSSR count). The number of nitro groups is 1. The minimum atomic E-state index is -1.43. The lowest BCUT2D eigenvalue weighted by Gasteiger charge is -2.16. The van der Waals surface area contributed by atoms with Crippen LogP contribution in [0.2, 0.25) is 0 Å². The predicted octanol–water partition coefficient (Wildman–Crippen LogP) is 0.437. The molecule has 0 spiro atoms. The Labute approximate surface area is 107 Å². The summed E-state index contributed by atoms with van der Waals surface area (Å²) in [7, 11) is 0. The van der Waals surface area contributed by atoms with Crippen LogP contribution in [-0.2, 0) is 0 Å². The lowest BCUT2D eigenvalue weighted by Crippen LogP contribution is -2.20. The smallest absolute Gasteiger partial charge is 0.311 e. The van der Waals surface area contributed by atoms with Gasteiger partial charge in [-0.25, -0.2) is 0 Å². The monoisotopic (exact) mass is 273 g/mol. The molecule has 0 aliphatic heterocycles. The van der Waals surface area contributed by atoms with Crippen molar-refractivity contribution in [2.45, 2.75) is 12.2 Å². The molecule has 0 aromatic heterocycles. The maximum atomic E-state index is 10.7. The number of benzene rings is 1. The molecule has 0 amide bonds. The quantitative estimate of drug-likeness (QED) is 0.267. The summed E-state index contributed by atoms with van der Waals surface area (Å²) in [6.45, 7) is 0. The average molecular weight is 273 g/mol. The summed E-state index contributed by atoms with van der Waals surface area (Å²) in [5, 5.41) is 39.2. The standard InChI is InChI=1S/C10H11NO6S/c12-3-6-1-5(10(15)8(13)4-18)2-7(9(6)14)11(16)17/h1-3,8,10,13-15,18H,4H2. The third-order valence-electron chi connectivity index (χ3n) is 2.36. The van der Waals surface area contributed by atoms with Gasteiger partial charge in [0.15, 0.2) is 6.29 Å². The van der Waals surface area contributed by atoms with Crippen LogP contribution in [0.3, 0.4) is 0 Å². The molecule has 0 aliphatic carbocycles. The van der Waals surface area contributed by atoms with Crippen molar-refractivity contribution in [3.63, 3.8) is 0 Å². The highest BCUT2D eigenvalue weighted by atomic mass is 32.1. The molecule has 98 valence electrons. The van der Waals surface area contributed by atoms with Gasteiger partial charge in [0.05, 0.1) is 16.6 Å². The highest BCUT2D eigenvalue weighted by Crippen LogP contribution is 2.33. The van der Waals surface area contributed by atoms with Crippen molar-refractivity contribution in [1.29, 1.82) is 0 Å². The zero-order chi connectivity index (χ0) is 13.9. The lowest BCUT2D eigenvalue weighted by molar-refractivity contribution is -0.386. The zero-order valence-corrected chi connectivity index (χ0v) is 9.95. The molecule has 2 unspecified atom stereocenters. The SMILES string of the molecule is O=Cc1cc(C(O)C(O)CS)cc([N+](=O)[O-])c1O. The molecule has 7 nitrogen and oxygen atoms in total. The van der Waals surface area contributed by atoms with Gasteiger partial charge in [-0.3, -0.25) is 14.9 Å². The Hall–Kier alpha value is -1.64. The van der Waals surface area contributed by atoms with Crippen LogP contribution >= 0.6 is 12.6 Å². The number of carbonyl (C=O) groups is 1. The Morgan fingerprint density at radius 3 is 2.50 bits per heavy atom. The second-order valence-electron chi connectivity index (χ2n) is 3.55. The van der Waals surface area contributed by atoms with Crippen LogP contribution in [0.15, 0.2) is 12.1 Å². The molecule has 0 saturated carbocycles. The summed E-state index contributed by atoms with van der Waals surface area (Å²) in [5.74, 6) is -0.835. The fourth-order valence-corrected chi connectivity index (χ4v) is 1.59. The van der Waals surface area contributed by atoms with Gasteiger partial charge in [0, 0.05) is 11.8 Å². The number of aldehydes is 1. The third kappa shape index (κ3) is 2.78. The number of aliphatic hydroxyl groups excluding tert-OH is 2. The third-order valence-corrected chi connectivity index (χ3v) is 2.73. The van der Waals surface area contributed by atoms with Crippen molar-refractivity contribution >= 4 is 24.6 Å². The first-order valence-corrected chi connectivity index (χ1v) is 5.49. The highest BCUT2D eigenvalue weighted by molar-refractivity contribution is 7.80. The van der Waals surface area contributed by atoms with Crippen LogP contribution in [0.4, 0.5) is 5.69 Å². The van der Waals surface area contributed by atoms with E-state index < -0.39 is 28.6 Å². The number of aromatic hydroxyl groups is 1. The van der Waals surface area contributed by atoms with Gasteiger partial charge in [0.2, 0.25) is 5.75 Å². The van der Waals surface area contributed by atoms with Crippen molar-refractivity contribution in [1.82, 2.24) is 0 Å². The van der Waals surface area contributed by atoms with E-state index in [-0.39, 0.29) is 23.2 Å². The van der Waals surface area contributed by atoms with Crippen molar-refractivity contribution in [2.75, 3.05) is 5.75 Å². The minimum Gasteiger partial charge on any atom is -0.502 e. The van der Waals surface area contributed by atoms with E-state index in [0.29, 0.717) is 0 Å². The van der Waals surface area contributed by atoms with E-state index in [1.165, 1.54) is 0 Å². The minimum absolute atomic E-state index is 0.0387. The largest absolute Gasteiger partial charge is 0.502 e. The molecule has 18 heavy (non-hydrogen) atoms. The summed E-state index contributed by atoms with van der Waals surface area (Å²) in [4.78, 5) is 20.5. The van der Waals surface area contributed by atoms with Gasteiger partial charge in [-0.15, -0.1) is 0 Å². The van der Waals surface area contributed by atoms with Gasteiger partial charge >= 0.3 is 5.69 Å². The molecule has 0 fully saturated rings. The van der Waals surface area contributed by atoms with Gasteiger partial charge in [-0.1, -0.05) is 0 Å². The molecule has 2 atom stereocenters. The molecule has 0 saturated heterocycles. The van der Waals surface area contributed by atoms with Gasteiger partial charge in [0.1, 0.15) is 6.10 Å². The van der Waals surface area contributed by atoms with Gasteiger partial charge < -0.3 is 15.3 Å². The van der Waals surface area contributed by atoms with E-state index in [9.17, 15) is 30.2 Å². The maximum Gasteiger partial charge on any atom is 0.311 e. The second kappa shape index (κ2) is 5.80. The van der Waals surface area contributed by atoms with Crippen LogP contribution in [-0.4, -0.2) is 38.4 Å². The summed E-state index contributed by atoms with van der Waals surface area (Å²) in [6.07, 6.45) is -2.44. The molecule has 8 heteroatoms. The molecule has 0 radical (unpaired) electrons. The predicted molar refractivity (Wildman–Crippen MR) is 65.0 cm³/mol. The maximum absolute atomic E-state index is 10.7. The molecule has 3 N–H and O–H groups in total. The number of hydrogen-bond acceptors (Lipinski definition) is 7. The number of thiol groups is 1. The summed E-state index contributed by atoms with van der Waals surface area (Å²) >= 11 is 3.78. The molecule has 0 aliphatic rings. The zero-order valence-electron chi connectivity index (χ0n) is 9.05. The van der Waals surface area contributed by atoms with E-state index in [0.717, 1.165) is 12.1 Å². The average Bonchev–Trinajstić information content (AvgIpc) is 2.36. The summed E-state index contributed by atoms with van der Waals surface area (Å²) in [5.41, 5.74) is -1.08. The molecule has 1 aromatic carbocycles. The van der Waals surface area contributed by atoms with Crippen molar-refractivity contribution in [3.8, 4) is 5.75 Å². The Bertz CT molecular complexity index is 478. The molecular formula is C10H11NO6S. The number of rotatable bonds is 5. The molecular weight excluding hydrogens is 262 g/mol. The van der Waals surface area contributed by atoms with Crippen LogP contribution in [0.25, 0.3) is 0 Å². The summed E-state index contributed by atoms with van der Waals surface area (Å²) < 4.78 is 0. The fourth-order valence-electron chi connectivity index (χ4n) is 1.39. The first-order chi connectivity index (χ1) is 8.42. The van der Waals surface area contributed by atoms with E-state index in [2.05, 4.69) is 12.6 Å². The van der Waals surface area contributed by atoms with Crippen LogP contribution in [0.5, 0.6) is 5.75 Å². The highest BCUT2D eigenvalue weighted by Gasteiger charge is 2.24. The number of nitrogens with zero attached hydrogens (tertiary/aromatic N) is 1. The normalized spacial score (nSPS) is 13.9. The van der Waals surface area contributed by atoms with Crippen molar-refractivity contribution in [2.24, 2.45) is 0 Å². The lowest BCUT2D eigenvalue weighted by atomic mass is 10.0.